The van der Waals surface area contributed by atoms with Gasteiger partial charge in [0.15, 0.2) is 0 Å². The van der Waals surface area contributed by atoms with Crippen LogP contribution in [-0.4, -0.2) is 40.5 Å². The quantitative estimate of drug-likeness (QED) is 0.559. The second-order valence-corrected chi connectivity index (χ2v) is 8.43. The number of hydrogen-bond acceptors (Lipinski definition) is 5. The van der Waals surface area contributed by atoms with Gasteiger partial charge in [0, 0.05) is 24.3 Å². The van der Waals surface area contributed by atoms with E-state index in [1.807, 2.05) is 13.0 Å². The number of benzene rings is 1. The van der Waals surface area contributed by atoms with Gasteiger partial charge in [-0.2, -0.15) is 13.2 Å². The topological polar surface area (TPSA) is 81.3 Å². The van der Waals surface area contributed by atoms with Crippen LogP contribution in [0.4, 0.5) is 19.0 Å². The van der Waals surface area contributed by atoms with Crippen LogP contribution in [0.25, 0.3) is 10.9 Å². The third-order valence-electron chi connectivity index (χ3n) is 5.94. The summed E-state index contributed by atoms with van der Waals surface area (Å²) in [7, 11) is 1.57. The fourth-order valence-electron chi connectivity index (χ4n) is 3.93. The number of pyridine rings is 2. The highest BCUT2D eigenvalue weighted by Crippen LogP contribution is 2.37. The summed E-state index contributed by atoms with van der Waals surface area (Å²) in [6.45, 7) is 2.26. The maximum Gasteiger partial charge on any atom is 0.417 e. The zero-order chi connectivity index (χ0) is 23.8. The number of halogens is 3. The Balaban J connectivity index is 1.67. The van der Waals surface area contributed by atoms with Gasteiger partial charge in [-0.1, -0.05) is 0 Å². The Morgan fingerprint density at radius 3 is 2.61 bits per heavy atom. The van der Waals surface area contributed by atoms with Crippen molar-refractivity contribution in [1.29, 1.82) is 0 Å². The summed E-state index contributed by atoms with van der Waals surface area (Å²) in [5.41, 5.74) is 7.40. The third kappa shape index (κ3) is 5.08. The van der Waals surface area contributed by atoms with Gasteiger partial charge in [0.2, 0.25) is 0 Å². The number of methoxy groups -OCH3 is 1. The smallest absolute Gasteiger partial charge is 0.383 e. The van der Waals surface area contributed by atoms with Crippen LogP contribution in [0.2, 0.25) is 0 Å². The molecule has 174 valence electrons. The van der Waals surface area contributed by atoms with Crippen LogP contribution in [0, 0.1) is 12.8 Å². The Hall–Kier alpha value is -3.20. The van der Waals surface area contributed by atoms with E-state index in [0.29, 0.717) is 29.2 Å². The highest BCUT2D eigenvalue weighted by atomic mass is 19.4. The van der Waals surface area contributed by atoms with Crippen molar-refractivity contribution in [2.45, 2.75) is 38.5 Å². The van der Waals surface area contributed by atoms with Crippen molar-refractivity contribution in [3.8, 4) is 0 Å². The molecular weight excluding hydrogens is 433 g/mol. The molecule has 3 aromatic rings. The molecule has 2 aromatic heterocycles. The lowest BCUT2D eigenvalue weighted by atomic mass is 10.1. The highest BCUT2D eigenvalue weighted by Gasteiger charge is 2.38. The molecule has 0 spiro atoms. The van der Waals surface area contributed by atoms with Gasteiger partial charge in [-0.05, 0) is 67.6 Å². The first-order valence-corrected chi connectivity index (χ1v) is 10.7. The maximum atomic E-state index is 13.6. The van der Waals surface area contributed by atoms with Crippen molar-refractivity contribution in [2.75, 3.05) is 19.5 Å². The minimum absolute atomic E-state index is 0.0819. The molecule has 1 saturated carbocycles. The minimum Gasteiger partial charge on any atom is -0.383 e. The molecule has 2 heterocycles. The Labute approximate surface area is 189 Å². The summed E-state index contributed by atoms with van der Waals surface area (Å²) in [6.07, 6.45) is -1.72. The number of carbonyl (C=O) groups excluding carboxylic acids is 1. The fraction of sp³-hybridized carbons (Fsp3) is 0.375. The summed E-state index contributed by atoms with van der Waals surface area (Å²) in [4.78, 5) is 23.6. The number of rotatable bonds is 7. The normalized spacial score (nSPS) is 14.9. The molecule has 1 atom stereocenters. The van der Waals surface area contributed by atoms with E-state index in [-0.39, 0.29) is 24.4 Å². The summed E-state index contributed by atoms with van der Waals surface area (Å²) in [5, 5.41) is 0.787. The molecule has 0 unspecified atom stereocenters. The van der Waals surface area contributed by atoms with E-state index in [9.17, 15) is 18.0 Å². The van der Waals surface area contributed by atoms with Gasteiger partial charge in [-0.3, -0.25) is 9.78 Å². The van der Waals surface area contributed by atoms with E-state index in [4.69, 9.17) is 10.5 Å². The van der Waals surface area contributed by atoms with Crippen molar-refractivity contribution in [3.63, 3.8) is 0 Å². The summed E-state index contributed by atoms with van der Waals surface area (Å²) < 4.78 is 44.2. The first kappa shape index (κ1) is 23.0. The predicted octanol–water partition coefficient (Wildman–Crippen LogP) is 4.61. The molecule has 33 heavy (non-hydrogen) atoms. The molecule has 1 aromatic carbocycles. The van der Waals surface area contributed by atoms with E-state index >= 15 is 0 Å². The number of aromatic nitrogens is 2. The van der Waals surface area contributed by atoms with Gasteiger partial charge in [0.25, 0.3) is 5.91 Å². The predicted molar refractivity (Wildman–Crippen MR) is 118 cm³/mol. The molecule has 6 nitrogen and oxygen atoms in total. The Morgan fingerprint density at radius 1 is 1.24 bits per heavy atom. The van der Waals surface area contributed by atoms with Crippen molar-refractivity contribution in [1.82, 2.24) is 14.9 Å². The van der Waals surface area contributed by atoms with Crippen LogP contribution >= 0.6 is 0 Å². The second-order valence-electron chi connectivity index (χ2n) is 8.43. The lowest BCUT2D eigenvalue weighted by Gasteiger charge is -2.31. The molecule has 2 N–H and O–H groups in total. The van der Waals surface area contributed by atoms with Crippen molar-refractivity contribution < 1.29 is 22.7 Å². The number of nitrogens with zero attached hydrogens (tertiary/aromatic N) is 3. The van der Waals surface area contributed by atoms with E-state index in [1.54, 1.807) is 30.2 Å². The monoisotopic (exact) mass is 458 g/mol. The van der Waals surface area contributed by atoms with Crippen LogP contribution in [0.15, 0.2) is 42.6 Å². The molecule has 1 aliphatic rings. The molecule has 1 fully saturated rings. The zero-order valence-electron chi connectivity index (χ0n) is 18.4. The first-order chi connectivity index (χ1) is 15.7. The zero-order valence-corrected chi connectivity index (χ0v) is 18.4. The van der Waals surface area contributed by atoms with E-state index in [2.05, 4.69) is 9.97 Å². The van der Waals surface area contributed by atoms with Gasteiger partial charge >= 0.3 is 6.18 Å². The molecule has 9 heteroatoms. The van der Waals surface area contributed by atoms with Gasteiger partial charge < -0.3 is 15.4 Å². The maximum absolute atomic E-state index is 13.6. The van der Waals surface area contributed by atoms with Crippen molar-refractivity contribution in [2.24, 2.45) is 5.92 Å². The number of nitrogens with two attached hydrogens (primary N) is 1. The molecule has 0 aliphatic heterocycles. The Bertz CT molecular complexity index is 1160. The lowest BCUT2D eigenvalue weighted by Crippen LogP contribution is -2.44. The second kappa shape index (κ2) is 8.97. The molecule has 0 saturated heterocycles. The molecule has 4 rings (SSSR count). The number of ether oxygens (including phenoxy) is 1. The minimum atomic E-state index is -4.46. The molecule has 1 amide bonds. The number of fused-ring (bicyclic) bond motifs is 1. The number of anilines is 1. The molecular formula is C24H25F3N4O2. The van der Waals surface area contributed by atoms with Crippen LogP contribution in [0.5, 0.6) is 0 Å². The van der Waals surface area contributed by atoms with Crippen LogP contribution in [-0.2, 0) is 17.5 Å². The molecule has 0 radical (unpaired) electrons. The SMILES string of the molecule is COC[C@@H](C1CC1)N(Cc1ccc(C(F)(F)F)cn1)C(=O)c1ccc2nc(N)c(C)cc2c1. The van der Waals surface area contributed by atoms with Gasteiger partial charge in [0.1, 0.15) is 5.82 Å². The number of alkyl halides is 3. The summed E-state index contributed by atoms with van der Waals surface area (Å²) in [5.74, 6) is 0.486. The molecule has 0 bridgehead atoms. The van der Waals surface area contributed by atoms with Crippen molar-refractivity contribution in [3.05, 3.63) is 65.0 Å². The number of aryl methyl sites for hydroxylation is 1. The number of carbonyl (C=O) groups is 1. The molecule has 1 aliphatic carbocycles. The van der Waals surface area contributed by atoms with Crippen LogP contribution < -0.4 is 5.73 Å². The summed E-state index contributed by atoms with van der Waals surface area (Å²) >= 11 is 0. The average Bonchev–Trinajstić information content (AvgIpc) is 3.61. The fourth-order valence-corrected chi connectivity index (χ4v) is 3.93. The Morgan fingerprint density at radius 2 is 2.00 bits per heavy atom. The van der Waals surface area contributed by atoms with Crippen molar-refractivity contribution >= 4 is 22.6 Å². The first-order valence-electron chi connectivity index (χ1n) is 10.7. The average molecular weight is 458 g/mol. The number of amides is 1. The van der Waals surface area contributed by atoms with E-state index in [0.717, 1.165) is 36.1 Å². The van der Waals surface area contributed by atoms with Gasteiger partial charge in [0.05, 0.1) is 36.0 Å². The van der Waals surface area contributed by atoms with E-state index < -0.39 is 11.7 Å². The standard InChI is InChI=1S/C24H25F3N4O2/c1-14-9-17-10-16(5-8-20(17)30-22(14)28)23(32)31(21(13-33-2)15-3-4-15)12-19-7-6-18(11-29-19)24(25,26)27/h5-11,15,21H,3-4,12-13H2,1-2H3,(H2,28,30)/t21-/m0/s1. The third-order valence-corrected chi connectivity index (χ3v) is 5.94. The summed E-state index contributed by atoms with van der Waals surface area (Å²) in [6, 6.07) is 9.18. The number of nitrogen functional groups attached to an aromatic ring is 1. The van der Waals surface area contributed by atoms with E-state index in [1.165, 1.54) is 6.07 Å². The van der Waals surface area contributed by atoms with Gasteiger partial charge in [-0.25, -0.2) is 4.98 Å². The Kier molecular flexibility index (Phi) is 6.25. The highest BCUT2D eigenvalue weighted by molar-refractivity contribution is 5.98. The van der Waals surface area contributed by atoms with Gasteiger partial charge in [-0.15, -0.1) is 0 Å². The number of hydrogen-bond donors (Lipinski definition) is 1. The van der Waals surface area contributed by atoms with Crippen LogP contribution in [0.1, 0.15) is 40.0 Å². The lowest BCUT2D eigenvalue weighted by molar-refractivity contribution is -0.137. The largest absolute Gasteiger partial charge is 0.417 e. The van der Waals surface area contributed by atoms with Crippen LogP contribution in [0.3, 0.4) is 0 Å².